The second kappa shape index (κ2) is 9.83. The van der Waals surface area contributed by atoms with Gasteiger partial charge in [-0.25, -0.2) is 4.98 Å². The summed E-state index contributed by atoms with van der Waals surface area (Å²) in [5.41, 5.74) is 3.58. The molecule has 0 fully saturated rings. The van der Waals surface area contributed by atoms with Gasteiger partial charge in [0.2, 0.25) is 5.91 Å². The average molecular weight is 442 g/mol. The van der Waals surface area contributed by atoms with Crippen molar-refractivity contribution in [2.45, 2.75) is 26.2 Å². The first-order chi connectivity index (χ1) is 14.4. The number of benzene rings is 1. The molecule has 154 valence electrons. The van der Waals surface area contributed by atoms with Gasteiger partial charge in [-0.05, 0) is 41.8 Å². The van der Waals surface area contributed by atoms with Crippen molar-refractivity contribution in [3.05, 3.63) is 76.3 Å². The first-order valence-electron chi connectivity index (χ1n) is 9.55. The van der Waals surface area contributed by atoms with Gasteiger partial charge in [0.05, 0.1) is 10.7 Å². The van der Waals surface area contributed by atoms with Crippen LogP contribution in [0, 0.1) is 0 Å². The molecule has 30 heavy (non-hydrogen) atoms. The maximum Gasteiger partial charge on any atom is 0.226 e. The third-order valence-corrected chi connectivity index (χ3v) is 5.47. The van der Waals surface area contributed by atoms with Crippen molar-refractivity contribution in [2.24, 2.45) is 0 Å². The summed E-state index contributed by atoms with van der Waals surface area (Å²) < 4.78 is 0. The van der Waals surface area contributed by atoms with Crippen molar-refractivity contribution in [1.82, 2.24) is 9.97 Å². The van der Waals surface area contributed by atoms with Gasteiger partial charge in [-0.3, -0.25) is 14.6 Å². The largest absolute Gasteiger partial charge is 0.314 e. The molecule has 0 aliphatic heterocycles. The fourth-order valence-electron chi connectivity index (χ4n) is 3.04. The van der Waals surface area contributed by atoms with Crippen LogP contribution in [0.1, 0.15) is 35.8 Å². The van der Waals surface area contributed by atoms with Gasteiger partial charge in [-0.15, -0.1) is 0 Å². The number of pyridine rings is 2. The van der Waals surface area contributed by atoms with Gasteiger partial charge in [0.25, 0.3) is 0 Å². The first-order valence-corrected chi connectivity index (χ1v) is 10.3. The SMILES string of the molecule is CCC(=O)N(C)c1ccc(-c2ccc(C(=O)CCc3cccnc3Cl)nc2)cc1Cl. The minimum absolute atomic E-state index is 0.0123. The maximum absolute atomic E-state index is 12.5. The Morgan fingerprint density at radius 2 is 1.80 bits per heavy atom. The maximum atomic E-state index is 12.5. The summed E-state index contributed by atoms with van der Waals surface area (Å²) in [6.07, 6.45) is 4.48. The van der Waals surface area contributed by atoms with Crippen molar-refractivity contribution in [1.29, 1.82) is 0 Å². The zero-order valence-corrected chi connectivity index (χ0v) is 18.2. The number of carbonyl (C=O) groups excluding carboxylic acids is 2. The van der Waals surface area contributed by atoms with Crippen LogP contribution in [0.15, 0.2) is 54.9 Å². The number of halogens is 2. The van der Waals surface area contributed by atoms with Crippen LogP contribution in [0.4, 0.5) is 5.69 Å². The molecular weight excluding hydrogens is 421 g/mol. The summed E-state index contributed by atoms with van der Waals surface area (Å²) in [6.45, 7) is 1.81. The highest BCUT2D eigenvalue weighted by atomic mass is 35.5. The van der Waals surface area contributed by atoms with E-state index in [-0.39, 0.29) is 11.7 Å². The van der Waals surface area contributed by atoms with E-state index in [2.05, 4.69) is 9.97 Å². The summed E-state index contributed by atoms with van der Waals surface area (Å²) in [5, 5.41) is 0.894. The Labute approximate surface area is 185 Å². The lowest BCUT2D eigenvalue weighted by Crippen LogP contribution is -2.25. The molecule has 0 radical (unpaired) electrons. The first kappa shape index (κ1) is 21.9. The quantitative estimate of drug-likeness (QED) is 0.351. The third kappa shape index (κ3) is 5.04. The van der Waals surface area contributed by atoms with Gasteiger partial charge < -0.3 is 4.90 Å². The zero-order chi connectivity index (χ0) is 21.7. The van der Waals surface area contributed by atoms with Crippen LogP contribution in [-0.4, -0.2) is 28.7 Å². The molecular formula is C23H21Cl2N3O2. The Kier molecular flexibility index (Phi) is 7.19. The number of hydrogen-bond acceptors (Lipinski definition) is 4. The van der Waals surface area contributed by atoms with E-state index in [0.29, 0.717) is 40.8 Å². The number of Topliss-reactive ketones (excluding diaryl/α,β-unsaturated/α-hetero) is 1. The van der Waals surface area contributed by atoms with E-state index in [0.717, 1.165) is 16.7 Å². The molecule has 0 aliphatic rings. The fourth-order valence-corrected chi connectivity index (χ4v) is 3.56. The molecule has 7 heteroatoms. The Morgan fingerprint density at radius 3 is 2.43 bits per heavy atom. The fraction of sp³-hybridized carbons (Fsp3) is 0.217. The molecule has 5 nitrogen and oxygen atoms in total. The number of amides is 1. The van der Waals surface area contributed by atoms with Gasteiger partial charge in [-0.2, -0.15) is 0 Å². The standard InChI is InChI=1S/C23H21Cl2N3O2/c1-3-22(30)28(2)20-10-7-16(13-18(20)24)17-6-9-19(27-14-17)21(29)11-8-15-5-4-12-26-23(15)25/h4-7,9-10,12-14H,3,8,11H2,1-2H3. The number of carbonyl (C=O) groups is 2. The Balaban J connectivity index is 1.71. The molecule has 0 spiro atoms. The molecule has 3 aromatic rings. The molecule has 1 aromatic carbocycles. The zero-order valence-electron chi connectivity index (χ0n) is 16.7. The summed E-state index contributed by atoms with van der Waals surface area (Å²) >= 11 is 12.4. The van der Waals surface area contributed by atoms with Crippen LogP contribution in [0.3, 0.4) is 0 Å². The number of ketones is 1. The molecule has 0 atom stereocenters. The molecule has 0 aliphatic carbocycles. The number of aryl methyl sites for hydroxylation is 1. The van der Waals surface area contributed by atoms with Crippen molar-refractivity contribution in [3.8, 4) is 11.1 Å². The van der Waals surface area contributed by atoms with Crippen LogP contribution in [0.5, 0.6) is 0 Å². The molecule has 0 bridgehead atoms. The van der Waals surface area contributed by atoms with E-state index < -0.39 is 0 Å². The highest BCUT2D eigenvalue weighted by molar-refractivity contribution is 6.34. The highest BCUT2D eigenvalue weighted by Crippen LogP contribution is 2.31. The van der Waals surface area contributed by atoms with Gasteiger partial charge in [0.15, 0.2) is 5.78 Å². The van der Waals surface area contributed by atoms with Gasteiger partial charge in [-0.1, -0.05) is 48.3 Å². The van der Waals surface area contributed by atoms with Crippen molar-refractivity contribution in [2.75, 3.05) is 11.9 Å². The number of hydrogen-bond donors (Lipinski definition) is 0. The van der Waals surface area contributed by atoms with E-state index in [1.807, 2.05) is 24.3 Å². The molecule has 0 saturated carbocycles. The summed E-state index contributed by atoms with van der Waals surface area (Å²) in [7, 11) is 1.70. The third-order valence-electron chi connectivity index (χ3n) is 4.83. The predicted octanol–water partition coefficient (Wildman–Crippen LogP) is 5.64. The topological polar surface area (TPSA) is 63.2 Å². The van der Waals surface area contributed by atoms with Crippen LogP contribution in [-0.2, 0) is 11.2 Å². The summed E-state index contributed by atoms with van der Waals surface area (Å²) in [4.78, 5) is 34.2. The number of nitrogens with zero attached hydrogens (tertiary/aromatic N) is 3. The number of rotatable bonds is 7. The minimum atomic E-state index is -0.0606. The Bertz CT molecular complexity index is 1070. The van der Waals surface area contributed by atoms with E-state index in [4.69, 9.17) is 23.2 Å². The number of anilines is 1. The van der Waals surface area contributed by atoms with Gasteiger partial charge in [0.1, 0.15) is 10.8 Å². The number of aromatic nitrogens is 2. The lowest BCUT2D eigenvalue weighted by molar-refractivity contribution is -0.118. The van der Waals surface area contributed by atoms with Crippen molar-refractivity contribution >= 4 is 40.6 Å². The van der Waals surface area contributed by atoms with Crippen molar-refractivity contribution < 1.29 is 9.59 Å². The average Bonchev–Trinajstić information content (AvgIpc) is 2.77. The molecule has 3 rings (SSSR count). The van der Waals surface area contributed by atoms with Crippen LogP contribution >= 0.6 is 23.2 Å². The predicted molar refractivity (Wildman–Crippen MR) is 120 cm³/mol. The minimum Gasteiger partial charge on any atom is -0.314 e. The molecule has 0 unspecified atom stereocenters. The summed E-state index contributed by atoms with van der Waals surface area (Å²) in [6, 6.07) is 12.7. The summed E-state index contributed by atoms with van der Waals surface area (Å²) in [5.74, 6) is -0.0729. The van der Waals surface area contributed by atoms with E-state index in [1.54, 1.807) is 49.5 Å². The second-order valence-electron chi connectivity index (χ2n) is 6.78. The Hall–Kier alpha value is -2.76. The van der Waals surface area contributed by atoms with Gasteiger partial charge >= 0.3 is 0 Å². The van der Waals surface area contributed by atoms with Crippen LogP contribution in [0.2, 0.25) is 10.2 Å². The molecule has 1 amide bonds. The normalized spacial score (nSPS) is 10.7. The smallest absolute Gasteiger partial charge is 0.226 e. The van der Waals surface area contributed by atoms with E-state index >= 15 is 0 Å². The van der Waals surface area contributed by atoms with E-state index in [9.17, 15) is 9.59 Å². The second-order valence-corrected chi connectivity index (χ2v) is 7.55. The molecule has 2 aromatic heterocycles. The van der Waals surface area contributed by atoms with Crippen molar-refractivity contribution in [3.63, 3.8) is 0 Å². The molecule has 0 saturated heterocycles. The van der Waals surface area contributed by atoms with Gasteiger partial charge in [0, 0.05) is 37.8 Å². The van der Waals surface area contributed by atoms with Crippen LogP contribution in [0.25, 0.3) is 11.1 Å². The monoisotopic (exact) mass is 441 g/mol. The van der Waals surface area contributed by atoms with E-state index in [1.165, 1.54) is 0 Å². The molecule has 2 heterocycles. The lowest BCUT2D eigenvalue weighted by Gasteiger charge is -2.18. The highest BCUT2D eigenvalue weighted by Gasteiger charge is 2.14. The lowest BCUT2D eigenvalue weighted by atomic mass is 10.0. The molecule has 0 N–H and O–H groups in total. The Morgan fingerprint density at radius 1 is 1.03 bits per heavy atom. The van der Waals surface area contributed by atoms with Crippen LogP contribution < -0.4 is 4.90 Å².